The highest BCUT2D eigenvalue weighted by Crippen LogP contribution is 2.24. The molecular formula is C16H22BrNO2. The minimum atomic E-state index is -0.209. The second-order valence-corrected chi connectivity index (χ2v) is 5.89. The maximum atomic E-state index is 11.8. The number of aliphatic hydroxyl groups is 1. The Morgan fingerprint density at radius 3 is 2.65 bits per heavy atom. The van der Waals surface area contributed by atoms with Crippen molar-refractivity contribution in [2.75, 3.05) is 13.2 Å². The number of amides is 1. The van der Waals surface area contributed by atoms with Gasteiger partial charge in [0.2, 0.25) is 5.91 Å². The second kappa shape index (κ2) is 8.22. The van der Waals surface area contributed by atoms with Gasteiger partial charge in [-0.05, 0) is 36.6 Å². The third kappa shape index (κ3) is 5.10. The summed E-state index contributed by atoms with van der Waals surface area (Å²) in [7, 11) is 0. The molecule has 0 aliphatic carbocycles. The number of carbonyl (C=O) groups is 1. The maximum absolute atomic E-state index is 11.8. The second-order valence-electron chi connectivity index (χ2n) is 4.97. The van der Waals surface area contributed by atoms with E-state index in [0.717, 1.165) is 22.9 Å². The van der Waals surface area contributed by atoms with Gasteiger partial charge in [0, 0.05) is 22.5 Å². The van der Waals surface area contributed by atoms with E-state index in [4.69, 9.17) is 0 Å². The van der Waals surface area contributed by atoms with E-state index in [1.54, 1.807) is 6.08 Å². The first-order valence-corrected chi connectivity index (χ1v) is 7.67. The monoisotopic (exact) mass is 339 g/mol. The molecule has 0 unspecified atom stereocenters. The summed E-state index contributed by atoms with van der Waals surface area (Å²) in [5.41, 5.74) is 0.758. The summed E-state index contributed by atoms with van der Waals surface area (Å²) in [6.07, 6.45) is 4.99. The predicted octanol–water partition coefficient (Wildman–Crippen LogP) is 3.38. The highest BCUT2D eigenvalue weighted by molar-refractivity contribution is 9.10. The average molecular weight is 340 g/mol. The van der Waals surface area contributed by atoms with Crippen molar-refractivity contribution in [1.82, 2.24) is 5.32 Å². The molecule has 0 aliphatic rings. The Labute approximate surface area is 129 Å². The lowest BCUT2D eigenvalue weighted by atomic mass is 9.83. The van der Waals surface area contributed by atoms with Gasteiger partial charge in [0.05, 0.1) is 6.61 Å². The molecule has 0 fully saturated rings. The number of nitrogens with one attached hydrogen (secondary N) is 1. The molecule has 0 radical (unpaired) electrons. The van der Waals surface area contributed by atoms with Crippen LogP contribution in [0, 0.1) is 5.41 Å². The van der Waals surface area contributed by atoms with Gasteiger partial charge < -0.3 is 10.4 Å². The van der Waals surface area contributed by atoms with Crippen LogP contribution < -0.4 is 5.32 Å². The molecule has 0 saturated carbocycles. The first kappa shape index (κ1) is 16.9. The number of rotatable bonds is 7. The molecule has 1 aromatic carbocycles. The largest absolute Gasteiger partial charge is 0.396 e. The number of hydrogen-bond acceptors (Lipinski definition) is 2. The maximum Gasteiger partial charge on any atom is 0.244 e. The zero-order valence-corrected chi connectivity index (χ0v) is 13.6. The number of aliphatic hydroxyl groups excluding tert-OH is 1. The first-order valence-electron chi connectivity index (χ1n) is 6.87. The standard InChI is InChI=1S/C16H22BrNO2/c1-3-16(4-2,12-19)11-18-15(20)9-8-13-6-5-7-14(17)10-13/h5-10,19H,3-4,11-12H2,1-2H3,(H,18,20)/b9-8+. The smallest absolute Gasteiger partial charge is 0.244 e. The van der Waals surface area contributed by atoms with E-state index >= 15 is 0 Å². The van der Waals surface area contributed by atoms with E-state index < -0.39 is 0 Å². The topological polar surface area (TPSA) is 49.3 Å². The van der Waals surface area contributed by atoms with Crippen molar-refractivity contribution in [3.8, 4) is 0 Å². The van der Waals surface area contributed by atoms with Gasteiger partial charge in [0.25, 0.3) is 0 Å². The summed E-state index contributed by atoms with van der Waals surface area (Å²) < 4.78 is 0.983. The zero-order valence-electron chi connectivity index (χ0n) is 12.0. The van der Waals surface area contributed by atoms with Gasteiger partial charge in [0.1, 0.15) is 0 Å². The van der Waals surface area contributed by atoms with Crippen LogP contribution in [0.25, 0.3) is 6.08 Å². The summed E-state index contributed by atoms with van der Waals surface area (Å²) in [5.74, 6) is -0.135. The minimum absolute atomic E-state index is 0.0929. The first-order chi connectivity index (χ1) is 9.55. The van der Waals surface area contributed by atoms with Crippen molar-refractivity contribution >= 4 is 27.9 Å². The van der Waals surface area contributed by atoms with E-state index in [9.17, 15) is 9.90 Å². The third-order valence-corrected chi connectivity index (χ3v) is 4.24. The van der Waals surface area contributed by atoms with Crippen molar-refractivity contribution in [2.24, 2.45) is 5.41 Å². The van der Waals surface area contributed by atoms with Crippen molar-refractivity contribution in [3.05, 3.63) is 40.4 Å². The highest BCUT2D eigenvalue weighted by atomic mass is 79.9. The summed E-state index contributed by atoms with van der Waals surface area (Å²) >= 11 is 3.39. The van der Waals surface area contributed by atoms with E-state index in [1.807, 2.05) is 38.1 Å². The molecule has 20 heavy (non-hydrogen) atoms. The SMILES string of the molecule is CCC(CC)(CO)CNC(=O)/C=C/c1cccc(Br)c1. The molecule has 1 amide bonds. The molecule has 0 atom stereocenters. The third-order valence-electron chi connectivity index (χ3n) is 3.75. The van der Waals surface area contributed by atoms with Crippen LogP contribution in [0.2, 0.25) is 0 Å². The summed E-state index contributed by atoms with van der Waals surface area (Å²) in [6, 6.07) is 7.74. The fourth-order valence-electron chi connectivity index (χ4n) is 1.90. The zero-order chi connectivity index (χ0) is 15.0. The predicted molar refractivity (Wildman–Crippen MR) is 86.3 cm³/mol. The molecule has 3 nitrogen and oxygen atoms in total. The minimum Gasteiger partial charge on any atom is -0.396 e. The van der Waals surface area contributed by atoms with Gasteiger partial charge >= 0.3 is 0 Å². The Kier molecular flexibility index (Phi) is 6.96. The van der Waals surface area contributed by atoms with Crippen molar-refractivity contribution in [2.45, 2.75) is 26.7 Å². The lowest BCUT2D eigenvalue weighted by molar-refractivity contribution is -0.117. The van der Waals surface area contributed by atoms with Gasteiger partial charge in [0.15, 0.2) is 0 Å². The van der Waals surface area contributed by atoms with Gasteiger partial charge in [-0.2, -0.15) is 0 Å². The van der Waals surface area contributed by atoms with Crippen molar-refractivity contribution < 1.29 is 9.90 Å². The van der Waals surface area contributed by atoms with Gasteiger partial charge in [-0.15, -0.1) is 0 Å². The molecule has 0 bridgehead atoms. The lowest BCUT2D eigenvalue weighted by Gasteiger charge is -2.29. The Bertz CT molecular complexity index is 459. The summed E-state index contributed by atoms with van der Waals surface area (Å²) in [4.78, 5) is 11.8. The molecule has 0 aromatic heterocycles. The number of halogens is 1. The van der Waals surface area contributed by atoms with Crippen molar-refractivity contribution in [3.63, 3.8) is 0 Å². The molecular weight excluding hydrogens is 318 g/mol. The van der Waals surface area contributed by atoms with E-state index in [0.29, 0.717) is 6.54 Å². The number of carbonyl (C=O) groups excluding carboxylic acids is 1. The molecule has 110 valence electrons. The highest BCUT2D eigenvalue weighted by Gasteiger charge is 2.25. The normalized spacial score (nSPS) is 11.8. The fourth-order valence-corrected chi connectivity index (χ4v) is 2.31. The van der Waals surface area contributed by atoms with Crippen LogP contribution in [0.15, 0.2) is 34.8 Å². The molecule has 0 heterocycles. The number of hydrogen-bond donors (Lipinski definition) is 2. The van der Waals surface area contributed by atoms with Crippen LogP contribution in [0.1, 0.15) is 32.3 Å². The molecule has 0 saturated heterocycles. The lowest BCUT2D eigenvalue weighted by Crippen LogP contribution is -2.38. The Morgan fingerprint density at radius 2 is 2.10 bits per heavy atom. The van der Waals surface area contributed by atoms with Crippen molar-refractivity contribution in [1.29, 1.82) is 0 Å². The molecule has 0 spiro atoms. The van der Waals surface area contributed by atoms with E-state index in [-0.39, 0.29) is 17.9 Å². The quantitative estimate of drug-likeness (QED) is 0.748. The molecule has 0 aliphatic heterocycles. The van der Waals surface area contributed by atoms with Crippen LogP contribution in [0.4, 0.5) is 0 Å². The summed E-state index contributed by atoms with van der Waals surface area (Å²) in [5, 5.41) is 12.3. The van der Waals surface area contributed by atoms with Gasteiger partial charge in [-0.25, -0.2) is 0 Å². The molecule has 2 N–H and O–H groups in total. The van der Waals surface area contributed by atoms with Crippen LogP contribution in [-0.2, 0) is 4.79 Å². The van der Waals surface area contributed by atoms with E-state index in [2.05, 4.69) is 21.2 Å². The van der Waals surface area contributed by atoms with Gasteiger partial charge in [-0.3, -0.25) is 4.79 Å². The molecule has 1 rings (SSSR count). The van der Waals surface area contributed by atoms with Crippen LogP contribution >= 0.6 is 15.9 Å². The Hall–Kier alpha value is -1.13. The van der Waals surface area contributed by atoms with Crippen LogP contribution in [0.5, 0.6) is 0 Å². The Morgan fingerprint density at radius 1 is 1.40 bits per heavy atom. The van der Waals surface area contributed by atoms with Gasteiger partial charge in [-0.1, -0.05) is 41.9 Å². The number of benzene rings is 1. The van der Waals surface area contributed by atoms with Crippen LogP contribution in [0.3, 0.4) is 0 Å². The average Bonchev–Trinajstić information content (AvgIpc) is 2.47. The Balaban J connectivity index is 2.55. The van der Waals surface area contributed by atoms with Crippen LogP contribution in [-0.4, -0.2) is 24.2 Å². The molecule has 4 heteroatoms. The molecule has 1 aromatic rings. The fraction of sp³-hybridized carbons (Fsp3) is 0.438. The summed E-state index contributed by atoms with van der Waals surface area (Å²) in [6.45, 7) is 4.65. The van der Waals surface area contributed by atoms with E-state index in [1.165, 1.54) is 6.08 Å².